The molecule has 1 saturated heterocycles. The molecule has 0 aromatic carbocycles. The third-order valence-corrected chi connectivity index (χ3v) is 3.50. The van der Waals surface area contributed by atoms with E-state index in [9.17, 15) is 5.11 Å². The smallest absolute Gasteiger partial charge is 0.105 e. The van der Waals surface area contributed by atoms with Crippen molar-refractivity contribution in [2.24, 2.45) is 0 Å². The molecule has 0 amide bonds. The molecular formula is C13H21NO3. The van der Waals surface area contributed by atoms with Gasteiger partial charge in [0.15, 0.2) is 0 Å². The van der Waals surface area contributed by atoms with Crippen molar-refractivity contribution in [1.82, 2.24) is 5.32 Å². The van der Waals surface area contributed by atoms with E-state index in [0.717, 1.165) is 12.2 Å². The van der Waals surface area contributed by atoms with E-state index in [1.165, 1.54) is 0 Å². The van der Waals surface area contributed by atoms with Gasteiger partial charge in [0.2, 0.25) is 0 Å². The average molecular weight is 239 g/mol. The van der Waals surface area contributed by atoms with E-state index in [2.05, 4.69) is 12.2 Å². The molecule has 0 bridgehead atoms. The molecule has 1 aliphatic rings. The van der Waals surface area contributed by atoms with Gasteiger partial charge >= 0.3 is 0 Å². The van der Waals surface area contributed by atoms with Crippen molar-refractivity contribution in [3.63, 3.8) is 0 Å². The molecule has 2 heterocycles. The van der Waals surface area contributed by atoms with Gasteiger partial charge in [-0.05, 0) is 26.0 Å². The predicted octanol–water partition coefficient (Wildman–Crippen LogP) is 1.34. The Bertz CT molecular complexity index is 338. The van der Waals surface area contributed by atoms with Crippen molar-refractivity contribution in [2.45, 2.75) is 44.4 Å². The molecule has 1 aliphatic heterocycles. The van der Waals surface area contributed by atoms with Crippen molar-refractivity contribution >= 4 is 0 Å². The van der Waals surface area contributed by atoms with Gasteiger partial charge in [-0.1, -0.05) is 0 Å². The van der Waals surface area contributed by atoms with Crippen LogP contribution in [0.1, 0.15) is 26.0 Å². The molecule has 96 valence electrons. The van der Waals surface area contributed by atoms with Gasteiger partial charge in [-0.15, -0.1) is 0 Å². The maximum absolute atomic E-state index is 10.3. The predicted molar refractivity (Wildman–Crippen MR) is 64.9 cm³/mol. The number of hydrogen-bond acceptors (Lipinski definition) is 4. The van der Waals surface area contributed by atoms with Gasteiger partial charge in [0, 0.05) is 32.0 Å². The van der Waals surface area contributed by atoms with Crippen molar-refractivity contribution in [3.05, 3.63) is 24.2 Å². The molecule has 0 aliphatic carbocycles. The molecule has 0 saturated carbocycles. The number of rotatable bonds is 5. The highest BCUT2D eigenvalue weighted by Crippen LogP contribution is 2.24. The Morgan fingerprint density at radius 3 is 3.06 bits per heavy atom. The molecule has 1 aromatic rings. The fourth-order valence-electron chi connectivity index (χ4n) is 2.16. The SMILES string of the molecule is CC(Cc1ccco1)NCC1(O)CCOC1C. The van der Waals surface area contributed by atoms with Crippen LogP contribution in [-0.2, 0) is 11.2 Å². The zero-order chi connectivity index (χ0) is 12.3. The van der Waals surface area contributed by atoms with E-state index in [1.54, 1.807) is 6.26 Å². The molecule has 1 aromatic heterocycles. The summed E-state index contributed by atoms with van der Waals surface area (Å²) in [6, 6.07) is 4.13. The lowest BCUT2D eigenvalue weighted by atomic mass is 9.96. The molecular weight excluding hydrogens is 218 g/mol. The zero-order valence-corrected chi connectivity index (χ0v) is 10.5. The monoisotopic (exact) mass is 239 g/mol. The molecule has 2 N–H and O–H groups in total. The molecule has 4 heteroatoms. The van der Waals surface area contributed by atoms with Crippen molar-refractivity contribution < 1.29 is 14.3 Å². The van der Waals surface area contributed by atoms with Crippen LogP contribution in [0, 0.1) is 0 Å². The Morgan fingerprint density at radius 1 is 1.65 bits per heavy atom. The summed E-state index contributed by atoms with van der Waals surface area (Å²) in [5.41, 5.74) is -0.725. The number of furan rings is 1. The molecule has 1 fully saturated rings. The van der Waals surface area contributed by atoms with Gasteiger partial charge in [-0.3, -0.25) is 0 Å². The van der Waals surface area contributed by atoms with Crippen LogP contribution in [0.2, 0.25) is 0 Å². The van der Waals surface area contributed by atoms with Crippen LogP contribution in [0.4, 0.5) is 0 Å². The summed E-state index contributed by atoms with van der Waals surface area (Å²) in [6.45, 7) is 5.22. The lowest BCUT2D eigenvalue weighted by Crippen LogP contribution is -2.48. The van der Waals surface area contributed by atoms with E-state index in [1.807, 2.05) is 19.1 Å². The summed E-state index contributed by atoms with van der Waals surface area (Å²) < 4.78 is 10.7. The van der Waals surface area contributed by atoms with Gasteiger partial charge in [-0.2, -0.15) is 0 Å². The number of aliphatic hydroxyl groups is 1. The Kier molecular flexibility index (Phi) is 3.86. The van der Waals surface area contributed by atoms with E-state index < -0.39 is 5.60 Å². The summed E-state index contributed by atoms with van der Waals surface area (Å²) in [5.74, 6) is 0.965. The lowest BCUT2D eigenvalue weighted by molar-refractivity contribution is -0.0274. The van der Waals surface area contributed by atoms with Crippen LogP contribution < -0.4 is 5.32 Å². The fourth-order valence-corrected chi connectivity index (χ4v) is 2.16. The van der Waals surface area contributed by atoms with Crippen LogP contribution in [0.15, 0.2) is 22.8 Å². The Morgan fingerprint density at radius 2 is 2.47 bits per heavy atom. The van der Waals surface area contributed by atoms with E-state index in [0.29, 0.717) is 19.6 Å². The highest BCUT2D eigenvalue weighted by atomic mass is 16.5. The van der Waals surface area contributed by atoms with Crippen LogP contribution in [0.5, 0.6) is 0 Å². The minimum atomic E-state index is -0.725. The Hall–Kier alpha value is -0.840. The summed E-state index contributed by atoms with van der Waals surface area (Å²) >= 11 is 0. The largest absolute Gasteiger partial charge is 0.469 e. The van der Waals surface area contributed by atoms with Crippen LogP contribution >= 0.6 is 0 Å². The first-order valence-corrected chi connectivity index (χ1v) is 6.20. The van der Waals surface area contributed by atoms with Crippen molar-refractivity contribution in [1.29, 1.82) is 0 Å². The zero-order valence-electron chi connectivity index (χ0n) is 10.5. The topological polar surface area (TPSA) is 54.6 Å². The third kappa shape index (κ3) is 3.09. The van der Waals surface area contributed by atoms with E-state index in [4.69, 9.17) is 9.15 Å². The average Bonchev–Trinajstić information content (AvgIpc) is 2.89. The van der Waals surface area contributed by atoms with Gasteiger partial charge in [0.1, 0.15) is 11.4 Å². The molecule has 3 atom stereocenters. The second-order valence-corrected chi connectivity index (χ2v) is 4.93. The normalized spacial score (nSPS) is 30.6. The number of nitrogens with one attached hydrogen (secondary N) is 1. The second-order valence-electron chi connectivity index (χ2n) is 4.93. The highest BCUT2D eigenvalue weighted by Gasteiger charge is 2.39. The van der Waals surface area contributed by atoms with Crippen LogP contribution in [-0.4, -0.2) is 36.0 Å². The summed E-state index contributed by atoms with van der Waals surface area (Å²) in [4.78, 5) is 0. The highest BCUT2D eigenvalue weighted by molar-refractivity contribution is 5.00. The minimum Gasteiger partial charge on any atom is -0.469 e. The molecule has 3 unspecified atom stereocenters. The molecule has 0 spiro atoms. The van der Waals surface area contributed by atoms with Gasteiger partial charge < -0.3 is 19.6 Å². The maximum Gasteiger partial charge on any atom is 0.105 e. The number of ether oxygens (including phenoxy) is 1. The molecule has 17 heavy (non-hydrogen) atoms. The van der Waals surface area contributed by atoms with Crippen molar-refractivity contribution in [2.75, 3.05) is 13.2 Å². The minimum absolute atomic E-state index is 0.0918. The maximum atomic E-state index is 10.3. The Labute approximate surface area is 102 Å². The third-order valence-electron chi connectivity index (χ3n) is 3.50. The van der Waals surface area contributed by atoms with Crippen molar-refractivity contribution in [3.8, 4) is 0 Å². The van der Waals surface area contributed by atoms with Gasteiger partial charge in [0.05, 0.1) is 12.4 Å². The van der Waals surface area contributed by atoms with Crippen LogP contribution in [0.25, 0.3) is 0 Å². The molecule has 2 rings (SSSR count). The second kappa shape index (κ2) is 5.21. The Balaban J connectivity index is 1.78. The van der Waals surface area contributed by atoms with Crippen LogP contribution in [0.3, 0.4) is 0 Å². The quantitative estimate of drug-likeness (QED) is 0.814. The summed E-state index contributed by atoms with van der Waals surface area (Å²) in [5, 5.41) is 13.7. The first kappa shape index (κ1) is 12.6. The molecule has 4 nitrogen and oxygen atoms in total. The standard InChI is InChI=1S/C13H21NO3/c1-10(8-12-4-3-6-17-12)14-9-13(15)5-7-16-11(13)2/h3-4,6,10-11,14-15H,5,7-9H2,1-2H3. The fraction of sp³-hybridized carbons (Fsp3) is 0.692. The van der Waals surface area contributed by atoms with E-state index >= 15 is 0 Å². The summed E-state index contributed by atoms with van der Waals surface area (Å²) in [6.07, 6.45) is 3.13. The summed E-state index contributed by atoms with van der Waals surface area (Å²) in [7, 11) is 0. The van der Waals surface area contributed by atoms with E-state index in [-0.39, 0.29) is 12.1 Å². The first-order valence-electron chi connectivity index (χ1n) is 6.20. The number of hydrogen-bond donors (Lipinski definition) is 2. The first-order chi connectivity index (χ1) is 8.10. The van der Waals surface area contributed by atoms with Gasteiger partial charge in [0.25, 0.3) is 0 Å². The lowest BCUT2D eigenvalue weighted by Gasteiger charge is -2.28. The van der Waals surface area contributed by atoms with Gasteiger partial charge in [-0.25, -0.2) is 0 Å². The molecule has 0 radical (unpaired) electrons.